The average Bonchev–Trinajstić information content (AvgIpc) is 2.65. The van der Waals surface area contributed by atoms with Crippen molar-refractivity contribution in [3.05, 3.63) is 75.1 Å². The summed E-state index contributed by atoms with van der Waals surface area (Å²) in [6.07, 6.45) is 4.55. The molecule has 0 aliphatic heterocycles. The molecule has 0 spiro atoms. The minimum absolute atomic E-state index is 0.0413. The second-order valence-electron chi connectivity index (χ2n) is 6.81. The monoisotopic (exact) mass is 348 g/mol. The molecule has 0 N–H and O–H groups in total. The largest absolute Gasteiger partial charge is 0.485 e. The summed E-state index contributed by atoms with van der Waals surface area (Å²) in [7, 11) is 0. The lowest BCUT2D eigenvalue weighted by Crippen LogP contribution is -2.13. The first kappa shape index (κ1) is 16.6. The molecule has 4 nitrogen and oxygen atoms in total. The maximum Gasteiger partial charge on any atom is 0.336 e. The maximum absolute atomic E-state index is 12.5. The lowest BCUT2D eigenvalue weighted by molar-refractivity contribution is 0.0921. The van der Waals surface area contributed by atoms with Crippen molar-refractivity contribution in [3.8, 4) is 5.75 Å². The molecule has 1 aliphatic rings. The molecule has 0 atom stereocenters. The molecule has 0 amide bonds. The number of carbonyl (C=O) groups is 1. The van der Waals surface area contributed by atoms with Gasteiger partial charge in [0.1, 0.15) is 11.3 Å². The molecule has 0 radical (unpaired) electrons. The molecule has 0 unspecified atom stereocenters. The SMILES string of the molecule is Cc1cc(=O)oc2cc(OCC(=O)c3ccc4c(c3)CCCC4)ccc12. The minimum atomic E-state index is -0.391. The highest BCUT2D eigenvalue weighted by Crippen LogP contribution is 2.24. The summed E-state index contributed by atoms with van der Waals surface area (Å²) in [4.78, 5) is 24.0. The third-order valence-corrected chi connectivity index (χ3v) is 4.96. The van der Waals surface area contributed by atoms with Crippen LogP contribution in [-0.4, -0.2) is 12.4 Å². The lowest BCUT2D eigenvalue weighted by atomic mass is 9.90. The third-order valence-electron chi connectivity index (χ3n) is 4.96. The molecule has 0 saturated heterocycles. The first-order chi connectivity index (χ1) is 12.6. The van der Waals surface area contributed by atoms with Crippen molar-refractivity contribution in [2.24, 2.45) is 0 Å². The average molecular weight is 348 g/mol. The van der Waals surface area contributed by atoms with Gasteiger partial charge in [0.15, 0.2) is 12.4 Å². The fourth-order valence-electron chi connectivity index (χ4n) is 3.53. The van der Waals surface area contributed by atoms with E-state index >= 15 is 0 Å². The van der Waals surface area contributed by atoms with Crippen molar-refractivity contribution in [2.45, 2.75) is 32.6 Å². The van der Waals surface area contributed by atoms with Crippen molar-refractivity contribution in [1.82, 2.24) is 0 Å². The zero-order valence-corrected chi connectivity index (χ0v) is 14.7. The van der Waals surface area contributed by atoms with Crippen molar-refractivity contribution in [3.63, 3.8) is 0 Å². The normalized spacial score (nSPS) is 13.4. The first-order valence-electron chi connectivity index (χ1n) is 8.92. The van der Waals surface area contributed by atoms with Gasteiger partial charge in [-0.05, 0) is 67.5 Å². The highest BCUT2D eigenvalue weighted by molar-refractivity contribution is 5.97. The van der Waals surface area contributed by atoms with Gasteiger partial charge in [0.2, 0.25) is 0 Å². The third kappa shape index (κ3) is 3.27. The van der Waals surface area contributed by atoms with Gasteiger partial charge in [-0.1, -0.05) is 12.1 Å². The Balaban J connectivity index is 1.51. The summed E-state index contributed by atoms with van der Waals surface area (Å²) in [5.74, 6) is 0.460. The molecule has 3 aromatic rings. The van der Waals surface area contributed by atoms with Gasteiger partial charge in [-0.2, -0.15) is 0 Å². The molecule has 0 bridgehead atoms. The highest BCUT2D eigenvalue weighted by atomic mass is 16.5. The number of hydrogen-bond acceptors (Lipinski definition) is 4. The van der Waals surface area contributed by atoms with E-state index in [1.54, 1.807) is 12.1 Å². The number of rotatable bonds is 4. The Labute approximate surface area is 151 Å². The predicted octanol–water partition coefficient (Wildman–Crippen LogP) is 4.24. The van der Waals surface area contributed by atoms with Crippen molar-refractivity contribution < 1.29 is 13.9 Å². The number of fused-ring (bicyclic) bond motifs is 2. The number of hydrogen-bond donors (Lipinski definition) is 0. The molecule has 1 heterocycles. The molecular weight excluding hydrogens is 328 g/mol. The van der Waals surface area contributed by atoms with Crippen molar-refractivity contribution >= 4 is 16.8 Å². The zero-order chi connectivity index (χ0) is 18.1. The number of Topliss-reactive ketones (excluding diaryl/α,β-unsaturated/α-hetero) is 1. The maximum atomic E-state index is 12.5. The Hall–Kier alpha value is -2.88. The van der Waals surface area contributed by atoms with Crippen LogP contribution in [0.3, 0.4) is 0 Å². The fourth-order valence-corrected chi connectivity index (χ4v) is 3.53. The topological polar surface area (TPSA) is 56.5 Å². The molecule has 4 heteroatoms. The Bertz CT molecular complexity index is 1050. The molecular formula is C22H20O4. The van der Waals surface area contributed by atoms with E-state index in [1.165, 1.54) is 30.0 Å². The predicted molar refractivity (Wildman–Crippen MR) is 100 cm³/mol. The molecule has 2 aromatic carbocycles. The molecule has 0 saturated carbocycles. The quantitative estimate of drug-likeness (QED) is 0.523. The van der Waals surface area contributed by atoms with Gasteiger partial charge >= 0.3 is 5.63 Å². The molecule has 132 valence electrons. The number of ketones is 1. The fraction of sp³-hybridized carbons (Fsp3) is 0.273. The summed E-state index contributed by atoms with van der Waals surface area (Å²) in [6.45, 7) is 1.82. The summed E-state index contributed by atoms with van der Waals surface area (Å²) in [5, 5.41) is 0.859. The van der Waals surface area contributed by atoms with Gasteiger partial charge in [0.25, 0.3) is 0 Å². The van der Waals surface area contributed by atoms with Crippen LogP contribution < -0.4 is 10.4 Å². The van der Waals surface area contributed by atoms with Gasteiger partial charge in [0.05, 0.1) is 0 Å². The summed E-state index contributed by atoms with van der Waals surface area (Å²) >= 11 is 0. The van der Waals surface area contributed by atoms with Crippen LogP contribution in [0.1, 0.15) is 39.9 Å². The van der Waals surface area contributed by atoms with E-state index in [0.29, 0.717) is 16.9 Å². The van der Waals surface area contributed by atoms with E-state index < -0.39 is 5.63 Å². The second-order valence-corrected chi connectivity index (χ2v) is 6.81. The van der Waals surface area contributed by atoms with Crippen LogP contribution in [0.5, 0.6) is 5.75 Å². The summed E-state index contributed by atoms with van der Waals surface area (Å²) in [5.41, 5.74) is 4.26. The van der Waals surface area contributed by atoms with E-state index in [2.05, 4.69) is 6.07 Å². The van der Waals surface area contributed by atoms with Gasteiger partial charge in [-0.15, -0.1) is 0 Å². The van der Waals surface area contributed by atoms with Crippen LogP contribution in [0.25, 0.3) is 11.0 Å². The van der Waals surface area contributed by atoms with Crippen molar-refractivity contribution in [1.29, 1.82) is 0 Å². The molecule has 26 heavy (non-hydrogen) atoms. The van der Waals surface area contributed by atoms with E-state index in [-0.39, 0.29) is 12.4 Å². The van der Waals surface area contributed by atoms with Gasteiger partial charge in [-0.3, -0.25) is 4.79 Å². The minimum Gasteiger partial charge on any atom is -0.485 e. The van der Waals surface area contributed by atoms with Crippen LogP contribution in [-0.2, 0) is 12.8 Å². The standard InChI is InChI=1S/C22H20O4/c1-14-10-22(24)26-21-12-18(8-9-19(14)21)25-13-20(23)17-7-6-15-4-2-3-5-16(15)11-17/h6-12H,2-5,13H2,1H3. The number of aryl methyl sites for hydroxylation is 3. The van der Waals surface area contributed by atoms with Crippen LogP contribution in [0.4, 0.5) is 0 Å². The van der Waals surface area contributed by atoms with Gasteiger partial charge < -0.3 is 9.15 Å². The second kappa shape index (κ2) is 6.79. The highest BCUT2D eigenvalue weighted by Gasteiger charge is 2.13. The number of carbonyl (C=O) groups excluding carboxylic acids is 1. The number of benzene rings is 2. The van der Waals surface area contributed by atoms with Crippen LogP contribution in [0, 0.1) is 6.92 Å². The molecule has 1 aromatic heterocycles. The molecule has 4 rings (SSSR count). The van der Waals surface area contributed by atoms with E-state index in [1.807, 2.05) is 25.1 Å². The molecule has 1 aliphatic carbocycles. The van der Waals surface area contributed by atoms with Gasteiger partial charge in [-0.25, -0.2) is 4.79 Å². The van der Waals surface area contributed by atoms with Crippen LogP contribution in [0.15, 0.2) is 51.7 Å². The zero-order valence-electron chi connectivity index (χ0n) is 14.7. The van der Waals surface area contributed by atoms with E-state index in [0.717, 1.165) is 23.8 Å². The van der Waals surface area contributed by atoms with Crippen molar-refractivity contribution in [2.75, 3.05) is 6.61 Å². The Kier molecular flexibility index (Phi) is 4.33. The Morgan fingerprint density at radius 3 is 2.69 bits per heavy atom. The van der Waals surface area contributed by atoms with Crippen LogP contribution >= 0.6 is 0 Å². The van der Waals surface area contributed by atoms with Gasteiger partial charge in [0, 0.05) is 23.1 Å². The summed E-state index contributed by atoms with van der Waals surface area (Å²) < 4.78 is 10.9. The lowest BCUT2D eigenvalue weighted by Gasteiger charge is -2.16. The van der Waals surface area contributed by atoms with Crippen LogP contribution in [0.2, 0.25) is 0 Å². The summed E-state index contributed by atoms with van der Waals surface area (Å²) in [6, 6.07) is 12.7. The Morgan fingerprint density at radius 1 is 1.04 bits per heavy atom. The smallest absolute Gasteiger partial charge is 0.336 e. The first-order valence-corrected chi connectivity index (χ1v) is 8.92. The Morgan fingerprint density at radius 2 is 1.85 bits per heavy atom. The number of ether oxygens (including phenoxy) is 1. The van der Waals surface area contributed by atoms with E-state index in [4.69, 9.17) is 9.15 Å². The molecule has 0 fully saturated rings. The van der Waals surface area contributed by atoms with E-state index in [9.17, 15) is 9.59 Å².